The lowest BCUT2D eigenvalue weighted by atomic mass is 10.00. The number of aliphatic hydroxyl groups excluding tert-OH is 1. The maximum Gasteiger partial charge on any atom is 0.416 e. The highest BCUT2D eigenvalue weighted by atomic mass is 19.4. The van der Waals surface area contributed by atoms with Crippen molar-refractivity contribution in [3.8, 4) is 0 Å². The number of aliphatic hydroxyl groups is 1. The Labute approximate surface area is 99.0 Å². The molecule has 0 amide bonds. The minimum absolute atomic E-state index is 0.0264. The van der Waals surface area contributed by atoms with Crippen molar-refractivity contribution in [3.63, 3.8) is 0 Å². The highest BCUT2D eigenvalue weighted by Gasteiger charge is 2.37. The van der Waals surface area contributed by atoms with Crippen LogP contribution in [0.1, 0.15) is 36.1 Å². The molecule has 1 aromatic carbocycles. The molecule has 1 aromatic rings. The Morgan fingerprint density at radius 3 is 1.61 bits per heavy atom. The Bertz CT molecular complexity index is 388. The average molecular weight is 272 g/mol. The Balaban J connectivity index is 3.39. The molecule has 0 aliphatic heterocycles. The molecule has 0 aliphatic rings. The fraction of sp³-hybridized carbons (Fsp3) is 0.455. The molecule has 0 radical (unpaired) electrons. The van der Waals surface area contributed by atoms with Gasteiger partial charge in [-0.3, -0.25) is 0 Å². The van der Waals surface area contributed by atoms with Crippen molar-refractivity contribution in [3.05, 3.63) is 34.9 Å². The average Bonchev–Trinajstić information content (AvgIpc) is 2.25. The van der Waals surface area contributed by atoms with E-state index in [4.69, 9.17) is 0 Å². The van der Waals surface area contributed by atoms with Crippen LogP contribution in [-0.4, -0.2) is 5.11 Å². The van der Waals surface area contributed by atoms with Crippen molar-refractivity contribution in [2.45, 2.75) is 31.8 Å². The van der Waals surface area contributed by atoms with Gasteiger partial charge in [-0.15, -0.1) is 0 Å². The lowest BCUT2D eigenvalue weighted by Crippen LogP contribution is -2.12. The summed E-state index contributed by atoms with van der Waals surface area (Å²) in [5, 5.41) is 9.37. The first-order chi connectivity index (χ1) is 8.05. The second-order valence-corrected chi connectivity index (χ2v) is 3.76. The second-order valence-electron chi connectivity index (χ2n) is 3.76. The maximum absolute atomic E-state index is 12.5. The van der Waals surface area contributed by atoms with Gasteiger partial charge < -0.3 is 5.11 Å². The van der Waals surface area contributed by atoms with E-state index in [2.05, 4.69) is 0 Å². The molecule has 0 aromatic heterocycles. The van der Waals surface area contributed by atoms with Gasteiger partial charge in [0.1, 0.15) is 0 Å². The topological polar surface area (TPSA) is 20.2 Å². The van der Waals surface area contributed by atoms with Gasteiger partial charge in [0.2, 0.25) is 0 Å². The van der Waals surface area contributed by atoms with E-state index in [1.54, 1.807) is 0 Å². The molecule has 18 heavy (non-hydrogen) atoms. The zero-order valence-electron chi connectivity index (χ0n) is 9.23. The van der Waals surface area contributed by atoms with Gasteiger partial charge in [-0.25, -0.2) is 0 Å². The van der Waals surface area contributed by atoms with Gasteiger partial charge in [0.05, 0.1) is 17.2 Å². The zero-order valence-corrected chi connectivity index (χ0v) is 9.23. The fourth-order valence-corrected chi connectivity index (χ4v) is 1.41. The van der Waals surface area contributed by atoms with Crippen molar-refractivity contribution >= 4 is 0 Å². The highest BCUT2D eigenvalue weighted by Crippen LogP contribution is 2.37. The lowest BCUT2D eigenvalue weighted by Gasteiger charge is -2.16. The van der Waals surface area contributed by atoms with Crippen LogP contribution in [0.3, 0.4) is 0 Å². The summed E-state index contributed by atoms with van der Waals surface area (Å²) in [5.74, 6) is 0. The van der Waals surface area contributed by atoms with Gasteiger partial charge in [0, 0.05) is 0 Å². The third-order valence-electron chi connectivity index (χ3n) is 2.38. The first-order valence-electron chi connectivity index (χ1n) is 5.03. The Kier molecular flexibility index (Phi) is 3.95. The highest BCUT2D eigenvalue weighted by molar-refractivity contribution is 5.34. The molecule has 0 saturated heterocycles. The van der Waals surface area contributed by atoms with Gasteiger partial charge in [0.15, 0.2) is 0 Å². The predicted molar refractivity (Wildman–Crippen MR) is 51.7 cm³/mol. The molecule has 102 valence electrons. The Morgan fingerprint density at radius 2 is 1.33 bits per heavy atom. The van der Waals surface area contributed by atoms with E-state index in [9.17, 15) is 31.4 Å². The SMILES string of the molecule is CC[C@@H](O)c1cc(C(F)(F)F)cc(C(F)(F)F)c1. The van der Waals surface area contributed by atoms with E-state index in [0.717, 1.165) is 0 Å². The van der Waals surface area contributed by atoms with E-state index < -0.39 is 29.6 Å². The zero-order chi connectivity index (χ0) is 14.1. The van der Waals surface area contributed by atoms with Gasteiger partial charge >= 0.3 is 12.4 Å². The number of hydrogen-bond acceptors (Lipinski definition) is 1. The van der Waals surface area contributed by atoms with Gasteiger partial charge in [-0.2, -0.15) is 26.3 Å². The Hall–Kier alpha value is -1.24. The molecule has 1 rings (SSSR count). The predicted octanol–water partition coefficient (Wildman–Crippen LogP) is 4.17. The summed E-state index contributed by atoms with van der Waals surface area (Å²) in [5.41, 5.74) is -3.22. The molecular formula is C11H10F6O. The van der Waals surface area contributed by atoms with Crippen LogP contribution in [-0.2, 0) is 12.4 Å². The minimum atomic E-state index is -4.89. The molecular weight excluding hydrogens is 262 g/mol. The van der Waals surface area contributed by atoms with Crippen LogP contribution < -0.4 is 0 Å². The molecule has 0 spiro atoms. The van der Waals surface area contributed by atoms with E-state index in [1.165, 1.54) is 6.92 Å². The second kappa shape index (κ2) is 4.79. The molecule has 7 heteroatoms. The van der Waals surface area contributed by atoms with Gasteiger partial charge in [0.25, 0.3) is 0 Å². The summed E-state index contributed by atoms with van der Waals surface area (Å²) in [4.78, 5) is 0. The summed E-state index contributed by atoms with van der Waals surface area (Å²) in [7, 11) is 0. The van der Waals surface area contributed by atoms with Crippen LogP contribution in [0.5, 0.6) is 0 Å². The standard InChI is InChI=1S/C11H10F6O/c1-2-9(18)6-3-7(10(12,13)14)5-8(4-6)11(15,16)17/h3-5,9,18H,2H2,1H3/t9-/m1/s1. The first-order valence-corrected chi connectivity index (χ1v) is 5.03. The summed E-state index contributed by atoms with van der Waals surface area (Å²) >= 11 is 0. The molecule has 0 fully saturated rings. The third kappa shape index (κ3) is 3.38. The summed E-state index contributed by atoms with van der Waals surface area (Å²) in [6.07, 6.45) is -11.1. The van der Waals surface area contributed by atoms with Gasteiger partial charge in [-0.1, -0.05) is 6.92 Å². The van der Waals surface area contributed by atoms with E-state index in [-0.39, 0.29) is 18.1 Å². The quantitative estimate of drug-likeness (QED) is 0.801. The molecule has 0 aliphatic carbocycles. The van der Waals surface area contributed by atoms with Crippen LogP contribution >= 0.6 is 0 Å². The minimum Gasteiger partial charge on any atom is -0.388 e. The monoisotopic (exact) mass is 272 g/mol. The third-order valence-corrected chi connectivity index (χ3v) is 2.38. The lowest BCUT2D eigenvalue weighted by molar-refractivity contribution is -0.143. The van der Waals surface area contributed by atoms with E-state index in [1.807, 2.05) is 0 Å². The van der Waals surface area contributed by atoms with Crippen molar-refractivity contribution in [2.24, 2.45) is 0 Å². The molecule has 0 unspecified atom stereocenters. The molecule has 1 nitrogen and oxygen atoms in total. The van der Waals surface area contributed by atoms with Crippen LogP contribution in [0.4, 0.5) is 26.3 Å². The molecule has 1 atom stereocenters. The van der Waals surface area contributed by atoms with Crippen LogP contribution in [0, 0.1) is 0 Å². The van der Waals surface area contributed by atoms with Crippen molar-refractivity contribution in [1.29, 1.82) is 0 Å². The summed E-state index contributed by atoms with van der Waals surface area (Å²) in [6, 6.07) is 1.10. The number of benzene rings is 1. The largest absolute Gasteiger partial charge is 0.416 e. The first kappa shape index (κ1) is 14.8. The number of alkyl halides is 6. The van der Waals surface area contributed by atoms with Crippen molar-refractivity contribution in [2.75, 3.05) is 0 Å². The maximum atomic E-state index is 12.5. The number of halogens is 6. The number of rotatable bonds is 2. The Morgan fingerprint density at radius 1 is 0.944 bits per heavy atom. The van der Waals surface area contributed by atoms with E-state index >= 15 is 0 Å². The normalized spacial score (nSPS) is 14.7. The van der Waals surface area contributed by atoms with Gasteiger partial charge in [-0.05, 0) is 30.2 Å². The van der Waals surface area contributed by atoms with Crippen LogP contribution in [0.25, 0.3) is 0 Å². The van der Waals surface area contributed by atoms with E-state index in [0.29, 0.717) is 12.1 Å². The van der Waals surface area contributed by atoms with Crippen molar-refractivity contribution < 1.29 is 31.4 Å². The summed E-state index contributed by atoms with van der Waals surface area (Å²) < 4.78 is 74.7. The molecule has 0 heterocycles. The molecule has 0 bridgehead atoms. The number of hydrogen-bond donors (Lipinski definition) is 1. The van der Waals surface area contributed by atoms with Crippen molar-refractivity contribution in [1.82, 2.24) is 0 Å². The van der Waals surface area contributed by atoms with Crippen LogP contribution in [0.2, 0.25) is 0 Å². The fourth-order valence-electron chi connectivity index (χ4n) is 1.41. The van der Waals surface area contributed by atoms with Crippen LogP contribution in [0.15, 0.2) is 18.2 Å². The summed E-state index contributed by atoms with van der Waals surface area (Å²) in [6.45, 7) is 1.46. The molecule has 1 N–H and O–H groups in total. The smallest absolute Gasteiger partial charge is 0.388 e. The molecule has 0 saturated carbocycles.